The first-order valence-corrected chi connectivity index (χ1v) is 8.77. The average molecular weight is 334 g/mol. The summed E-state index contributed by atoms with van der Waals surface area (Å²) in [4.78, 5) is 12.8. The lowest BCUT2D eigenvalue weighted by molar-refractivity contribution is -0.128. The summed E-state index contributed by atoms with van der Waals surface area (Å²) in [6.07, 6.45) is 0.684. The molecule has 136 valence electrons. The van der Waals surface area contributed by atoms with E-state index < -0.39 is 0 Å². The van der Waals surface area contributed by atoms with Crippen LogP contribution in [0.15, 0.2) is 24.3 Å². The van der Waals surface area contributed by atoms with Crippen LogP contribution in [-0.2, 0) is 11.2 Å². The van der Waals surface area contributed by atoms with Gasteiger partial charge in [0.25, 0.3) is 0 Å². The topological polar surface area (TPSA) is 38.3 Å². The predicted octanol–water partition coefficient (Wildman–Crippen LogP) is 4.78. The fourth-order valence-corrected chi connectivity index (χ4v) is 2.54. The molecule has 0 saturated heterocycles. The van der Waals surface area contributed by atoms with Crippen molar-refractivity contribution in [2.75, 3.05) is 0 Å². The Morgan fingerprint density at radius 1 is 0.958 bits per heavy atom. The Morgan fingerprint density at radius 2 is 1.46 bits per heavy atom. The number of ketones is 1. The first-order valence-electron chi connectivity index (χ1n) is 8.77. The molecule has 0 spiro atoms. The quantitative estimate of drug-likeness (QED) is 0.843. The summed E-state index contributed by atoms with van der Waals surface area (Å²) in [7, 11) is 0. The first kappa shape index (κ1) is 20.7. The number of Topliss-reactive ketones (excluding diaryl/α,β-unsaturated/α-hetero) is 1. The fraction of sp³-hybridized carbons (Fsp3) is 0.667. The fourth-order valence-electron chi connectivity index (χ4n) is 2.54. The SMILES string of the molecule is CC(C)(C)N[C@@H](Cc1ccc(OC(C)(C)C)cc1)C(=O)C(C)(C)C. The van der Waals surface area contributed by atoms with Gasteiger partial charge in [-0.2, -0.15) is 0 Å². The lowest BCUT2D eigenvalue weighted by atomic mass is 9.83. The van der Waals surface area contributed by atoms with Gasteiger partial charge in [-0.1, -0.05) is 32.9 Å². The molecule has 0 radical (unpaired) electrons. The predicted molar refractivity (Wildman–Crippen MR) is 102 cm³/mol. The molecule has 3 nitrogen and oxygen atoms in total. The van der Waals surface area contributed by atoms with Gasteiger partial charge in [0.2, 0.25) is 0 Å². The third-order valence-electron chi connectivity index (χ3n) is 3.45. The van der Waals surface area contributed by atoms with Crippen LogP contribution < -0.4 is 10.1 Å². The number of benzene rings is 1. The largest absolute Gasteiger partial charge is 0.488 e. The zero-order chi connectivity index (χ0) is 18.8. The van der Waals surface area contributed by atoms with Gasteiger partial charge in [-0.3, -0.25) is 4.79 Å². The number of carbonyl (C=O) groups is 1. The van der Waals surface area contributed by atoms with Crippen LogP contribution in [0.25, 0.3) is 0 Å². The summed E-state index contributed by atoms with van der Waals surface area (Å²) in [5, 5.41) is 3.48. The van der Waals surface area contributed by atoms with Crippen molar-refractivity contribution in [3.63, 3.8) is 0 Å². The van der Waals surface area contributed by atoms with E-state index in [2.05, 4.69) is 26.1 Å². The van der Waals surface area contributed by atoms with Crippen molar-refractivity contribution in [3.05, 3.63) is 29.8 Å². The number of hydrogen-bond donors (Lipinski definition) is 1. The Bertz CT molecular complexity index is 539. The molecule has 0 aliphatic carbocycles. The standard InChI is InChI=1S/C21H35NO2/c1-19(2,3)18(23)17(22-20(4,5)6)14-15-10-12-16(13-11-15)24-21(7,8)9/h10-13,17,22H,14H2,1-9H3/t17-/m0/s1. The highest BCUT2D eigenvalue weighted by Crippen LogP contribution is 2.23. The molecule has 1 aromatic carbocycles. The van der Waals surface area contributed by atoms with Gasteiger partial charge in [-0.15, -0.1) is 0 Å². The smallest absolute Gasteiger partial charge is 0.155 e. The van der Waals surface area contributed by atoms with Crippen LogP contribution in [0, 0.1) is 5.41 Å². The van der Waals surface area contributed by atoms with Crippen LogP contribution in [0.1, 0.15) is 67.9 Å². The molecule has 1 rings (SSSR count). The molecule has 0 heterocycles. The molecule has 0 bridgehead atoms. The van der Waals surface area contributed by atoms with Crippen molar-refractivity contribution in [3.8, 4) is 5.75 Å². The molecule has 0 aliphatic heterocycles. The van der Waals surface area contributed by atoms with E-state index in [-0.39, 0.29) is 28.4 Å². The van der Waals surface area contributed by atoms with E-state index >= 15 is 0 Å². The molecular formula is C21H35NO2. The maximum Gasteiger partial charge on any atom is 0.155 e. The second kappa shape index (κ2) is 7.26. The molecule has 1 N–H and O–H groups in total. The molecule has 0 amide bonds. The summed E-state index contributed by atoms with van der Waals surface area (Å²) in [6.45, 7) is 18.3. The summed E-state index contributed by atoms with van der Waals surface area (Å²) in [5.41, 5.74) is 0.453. The Labute approximate surface area is 148 Å². The zero-order valence-electron chi connectivity index (χ0n) is 16.9. The van der Waals surface area contributed by atoms with Gasteiger partial charge >= 0.3 is 0 Å². The van der Waals surface area contributed by atoms with Crippen LogP contribution in [0.4, 0.5) is 0 Å². The summed E-state index contributed by atoms with van der Waals surface area (Å²) >= 11 is 0. The number of nitrogens with one attached hydrogen (secondary N) is 1. The second-order valence-electron chi connectivity index (χ2n) is 9.62. The normalized spacial score (nSPS) is 14.4. The van der Waals surface area contributed by atoms with Gasteiger partial charge in [0.05, 0.1) is 6.04 Å². The average Bonchev–Trinajstić information content (AvgIpc) is 2.35. The van der Waals surface area contributed by atoms with Crippen molar-refractivity contribution < 1.29 is 9.53 Å². The number of rotatable bonds is 5. The van der Waals surface area contributed by atoms with Gasteiger partial charge < -0.3 is 10.1 Å². The molecule has 0 aromatic heterocycles. The molecule has 1 aromatic rings. The molecule has 0 aliphatic rings. The second-order valence-corrected chi connectivity index (χ2v) is 9.62. The van der Waals surface area contributed by atoms with E-state index in [0.29, 0.717) is 6.42 Å². The maximum absolute atomic E-state index is 12.8. The maximum atomic E-state index is 12.8. The van der Waals surface area contributed by atoms with E-state index in [0.717, 1.165) is 11.3 Å². The van der Waals surface area contributed by atoms with Gasteiger partial charge in [-0.25, -0.2) is 0 Å². The summed E-state index contributed by atoms with van der Waals surface area (Å²) in [5.74, 6) is 1.10. The Balaban J connectivity index is 2.92. The van der Waals surface area contributed by atoms with E-state index in [1.54, 1.807) is 0 Å². The molecule has 24 heavy (non-hydrogen) atoms. The number of carbonyl (C=O) groups excluding carboxylic acids is 1. The number of ether oxygens (including phenoxy) is 1. The molecule has 0 saturated carbocycles. The minimum Gasteiger partial charge on any atom is -0.488 e. The molecular weight excluding hydrogens is 298 g/mol. The van der Waals surface area contributed by atoms with Crippen molar-refractivity contribution >= 4 is 5.78 Å². The highest BCUT2D eigenvalue weighted by atomic mass is 16.5. The molecule has 1 atom stereocenters. The van der Waals surface area contributed by atoms with Crippen LogP contribution in [-0.4, -0.2) is 23.0 Å². The van der Waals surface area contributed by atoms with Crippen LogP contribution in [0.5, 0.6) is 5.75 Å². The Morgan fingerprint density at radius 3 is 1.83 bits per heavy atom. The highest BCUT2D eigenvalue weighted by molar-refractivity contribution is 5.89. The number of hydrogen-bond acceptors (Lipinski definition) is 3. The lowest BCUT2D eigenvalue weighted by Gasteiger charge is -2.32. The molecule has 0 fully saturated rings. The van der Waals surface area contributed by atoms with E-state index in [1.807, 2.05) is 65.8 Å². The Hall–Kier alpha value is -1.35. The van der Waals surface area contributed by atoms with Crippen molar-refractivity contribution in [1.82, 2.24) is 5.32 Å². The minimum atomic E-state index is -0.363. The molecule has 0 unspecified atom stereocenters. The van der Waals surface area contributed by atoms with E-state index in [4.69, 9.17) is 4.74 Å². The summed E-state index contributed by atoms with van der Waals surface area (Å²) in [6, 6.07) is 7.87. The van der Waals surface area contributed by atoms with Crippen LogP contribution in [0.3, 0.4) is 0 Å². The van der Waals surface area contributed by atoms with Crippen molar-refractivity contribution in [2.24, 2.45) is 5.41 Å². The van der Waals surface area contributed by atoms with E-state index in [1.165, 1.54) is 0 Å². The van der Waals surface area contributed by atoms with Gasteiger partial charge in [-0.05, 0) is 65.7 Å². The van der Waals surface area contributed by atoms with Crippen molar-refractivity contribution in [2.45, 2.75) is 85.9 Å². The highest BCUT2D eigenvalue weighted by Gasteiger charge is 2.32. The van der Waals surface area contributed by atoms with E-state index in [9.17, 15) is 4.79 Å². The zero-order valence-corrected chi connectivity index (χ0v) is 16.9. The Kier molecular flexibility index (Phi) is 6.26. The van der Waals surface area contributed by atoms with Crippen molar-refractivity contribution in [1.29, 1.82) is 0 Å². The third kappa shape index (κ3) is 7.48. The molecule has 3 heteroatoms. The van der Waals surface area contributed by atoms with Gasteiger partial charge in [0.15, 0.2) is 5.78 Å². The van der Waals surface area contributed by atoms with Gasteiger partial charge in [0.1, 0.15) is 11.4 Å². The monoisotopic (exact) mass is 333 g/mol. The van der Waals surface area contributed by atoms with Crippen LogP contribution >= 0.6 is 0 Å². The first-order chi connectivity index (χ1) is 10.7. The summed E-state index contributed by atoms with van der Waals surface area (Å²) < 4.78 is 5.86. The lowest BCUT2D eigenvalue weighted by Crippen LogP contribution is -2.51. The third-order valence-corrected chi connectivity index (χ3v) is 3.45. The van der Waals surface area contributed by atoms with Gasteiger partial charge in [0, 0.05) is 11.0 Å². The minimum absolute atomic E-state index is 0.110. The van der Waals surface area contributed by atoms with Crippen LogP contribution in [0.2, 0.25) is 0 Å².